The molecule has 1 aromatic heterocycles. The van der Waals surface area contributed by atoms with E-state index >= 15 is 0 Å². The molecular weight excluding hydrogens is 398 g/mol. The Morgan fingerprint density at radius 3 is 2.69 bits per heavy atom. The first-order valence-corrected chi connectivity index (χ1v) is 11.1. The molecule has 29 heavy (non-hydrogen) atoms. The molecular formula is C18H27N5O5S. The third kappa shape index (κ3) is 3.52. The van der Waals surface area contributed by atoms with Crippen molar-refractivity contribution in [1.82, 2.24) is 9.97 Å². The number of anilines is 1. The van der Waals surface area contributed by atoms with Crippen LogP contribution in [0.3, 0.4) is 0 Å². The Hall–Kier alpha value is -2.40. The van der Waals surface area contributed by atoms with Gasteiger partial charge in [-0.2, -0.15) is 9.97 Å². The van der Waals surface area contributed by atoms with Gasteiger partial charge in [0.25, 0.3) is 0 Å². The van der Waals surface area contributed by atoms with Gasteiger partial charge in [0.1, 0.15) is 17.0 Å². The molecule has 0 aromatic carbocycles. The van der Waals surface area contributed by atoms with E-state index in [-0.39, 0.29) is 23.5 Å². The molecule has 0 radical (unpaired) electrons. The lowest BCUT2D eigenvalue weighted by Gasteiger charge is -2.51. The summed E-state index contributed by atoms with van der Waals surface area (Å²) in [7, 11) is -3.56. The van der Waals surface area contributed by atoms with Gasteiger partial charge in [-0.3, -0.25) is 0 Å². The molecule has 1 aromatic rings. The third-order valence-electron chi connectivity index (χ3n) is 5.39. The Morgan fingerprint density at radius 2 is 2.10 bits per heavy atom. The highest BCUT2D eigenvalue weighted by molar-refractivity contribution is 7.91. The number of fused-ring (bicyclic) bond motifs is 3. The van der Waals surface area contributed by atoms with Gasteiger partial charge in [-0.15, -0.1) is 0 Å². The predicted octanol–water partition coefficient (Wildman–Crippen LogP) is 0.961. The van der Waals surface area contributed by atoms with Crippen molar-refractivity contribution in [2.24, 2.45) is 5.73 Å². The molecule has 10 nitrogen and oxygen atoms in total. The molecule has 11 heteroatoms. The van der Waals surface area contributed by atoms with Crippen LogP contribution < -0.4 is 20.1 Å². The summed E-state index contributed by atoms with van der Waals surface area (Å²) in [5, 5.41) is 7.38. The average Bonchev–Trinajstić information content (AvgIpc) is 2.63. The van der Waals surface area contributed by atoms with E-state index in [2.05, 4.69) is 14.9 Å². The summed E-state index contributed by atoms with van der Waals surface area (Å²) in [5.41, 5.74) is 5.19. The Balaban J connectivity index is 2.27. The highest BCUT2D eigenvalue weighted by Gasteiger charge is 2.48. The normalized spacial score (nSPS) is 24.9. The van der Waals surface area contributed by atoms with Gasteiger partial charge in [0.15, 0.2) is 27.2 Å². The lowest BCUT2D eigenvalue weighted by molar-refractivity contribution is 0.00686. The van der Waals surface area contributed by atoms with Gasteiger partial charge in [-0.25, -0.2) is 8.42 Å². The van der Waals surface area contributed by atoms with Crippen LogP contribution in [0.5, 0.6) is 11.8 Å². The van der Waals surface area contributed by atoms with Crippen LogP contribution in [-0.4, -0.2) is 62.3 Å². The van der Waals surface area contributed by atoms with Crippen molar-refractivity contribution in [1.29, 1.82) is 5.41 Å². The Bertz CT molecular complexity index is 962. The number of allylic oxidation sites excluding steroid dienone is 1. The van der Waals surface area contributed by atoms with Crippen molar-refractivity contribution in [3.63, 3.8) is 0 Å². The second-order valence-corrected chi connectivity index (χ2v) is 10.7. The van der Waals surface area contributed by atoms with E-state index in [4.69, 9.17) is 25.4 Å². The maximum Gasteiger partial charge on any atom is 0.324 e. The smallest absolute Gasteiger partial charge is 0.324 e. The number of nitrogens with two attached hydrogens (primary N) is 1. The number of morpholine rings is 1. The number of hydrogen-bond acceptors (Lipinski definition) is 10. The van der Waals surface area contributed by atoms with E-state index in [0.717, 1.165) is 18.7 Å². The fourth-order valence-corrected chi connectivity index (χ4v) is 3.98. The zero-order valence-electron chi connectivity index (χ0n) is 17.2. The summed E-state index contributed by atoms with van der Waals surface area (Å²) in [5.74, 6) is 0.780. The zero-order chi connectivity index (χ0) is 21.6. The average molecular weight is 426 g/mol. The van der Waals surface area contributed by atoms with Gasteiger partial charge in [-0.1, -0.05) is 0 Å². The van der Waals surface area contributed by atoms with Gasteiger partial charge in [0.05, 0.1) is 31.0 Å². The fourth-order valence-electron chi connectivity index (χ4n) is 3.49. The van der Waals surface area contributed by atoms with Crippen molar-refractivity contribution in [2.75, 3.05) is 31.0 Å². The van der Waals surface area contributed by atoms with Gasteiger partial charge in [0.2, 0.25) is 0 Å². The molecule has 3 rings (SSSR count). The first kappa shape index (κ1) is 21.3. The minimum Gasteiger partial charge on any atom is -0.485 e. The summed E-state index contributed by atoms with van der Waals surface area (Å²) in [6, 6.07) is -0.136. The maximum atomic E-state index is 12.5. The van der Waals surface area contributed by atoms with Crippen LogP contribution >= 0.6 is 0 Å². The van der Waals surface area contributed by atoms with Crippen LogP contribution in [0.25, 0.3) is 0 Å². The van der Waals surface area contributed by atoms with Gasteiger partial charge >= 0.3 is 6.01 Å². The number of sulfone groups is 1. The van der Waals surface area contributed by atoms with Crippen LogP contribution in [-0.2, 0) is 19.3 Å². The molecule has 0 aliphatic carbocycles. The largest absolute Gasteiger partial charge is 0.485 e. The van der Waals surface area contributed by atoms with E-state index in [1.54, 1.807) is 13.8 Å². The third-order valence-corrected chi connectivity index (χ3v) is 7.44. The predicted molar refractivity (Wildman–Crippen MR) is 108 cm³/mol. The minimum absolute atomic E-state index is 0.0272. The molecule has 2 aliphatic rings. The number of nitrogens with zero attached hydrogens (tertiary/aromatic N) is 3. The molecule has 1 fully saturated rings. The van der Waals surface area contributed by atoms with Crippen LogP contribution in [0.1, 0.15) is 33.4 Å². The molecule has 2 atom stereocenters. The number of nitrogens with one attached hydrogen (secondary N) is 1. The zero-order valence-corrected chi connectivity index (χ0v) is 18.0. The summed E-state index contributed by atoms with van der Waals surface area (Å²) in [4.78, 5) is 10.9. The number of ether oxygens (including phenoxy) is 3. The van der Waals surface area contributed by atoms with Crippen molar-refractivity contribution in [3.05, 3.63) is 17.7 Å². The number of rotatable bonds is 5. The Morgan fingerprint density at radius 1 is 1.41 bits per heavy atom. The lowest BCUT2D eigenvalue weighted by atomic mass is 9.95. The molecule has 0 bridgehead atoms. The quantitative estimate of drug-likeness (QED) is 0.521. The molecule has 3 heterocycles. The van der Waals surface area contributed by atoms with Gasteiger partial charge in [-0.05, 0) is 27.7 Å². The standard InChI is InChI=1S/C18H27N5O5S/c1-11-8-26-9-18(4)10-27-13-14(17(2,3)29(5,24)25)21-16(22-15(13)23(11)18)28-12(6-19)7-20/h6-7,11,19H,8-10,20H2,1-5H3/b12-7+,19-6?/t11-,18?/m1/s1. The van der Waals surface area contributed by atoms with Crippen LogP contribution in [0, 0.1) is 5.41 Å². The molecule has 0 saturated carbocycles. The van der Waals surface area contributed by atoms with Crippen LogP contribution in [0.4, 0.5) is 5.82 Å². The van der Waals surface area contributed by atoms with E-state index in [0.29, 0.717) is 31.4 Å². The maximum absolute atomic E-state index is 12.5. The second kappa shape index (κ2) is 7.13. The molecule has 1 saturated heterocycles. The molecule has 160 valence electrons. The van der Waals surface area contributed by atoms with Crippen molar-refractivity contribution in [2.45, 2.75) is 44.0 Å². The monoisotopic (exact) mass is 425 g/mol. The van der Waals surface area contributed by atoms with E-state index < -0.39 is 20.1 Å². The fraction of sp³-hybridized carbons (Fsp3) is 0.611. The molecule has 0 amide bonds. The Kier molecular flexibility index (Phi) is 5.24. The topological polar surface area (TPSA) is 141 Å². The lowest BCUT2D eigenvalue weighted by Crippen LogP contribution is -2.64. The van der Waals surface area contributed by atoms with Crippen molar-refractivity contribution in [3.8, 4) is 11.8 Å². The SMILES string of the molecule is C[C@@H]1COCC2(C)COc3c(nc(O/C(C=N)=C/N)nc3C(C)(C)S(C)(=O)=O)N12. The first-order valence-electron chi connectivity index (χ1n) is 9.17. The van der Waals surface area contributed by atoms with E-state index in [1.165, 1.54) is 0 Å². The van der Waals surface area contributed by atoms with E-state index in [9.17, 15) is 8.42 Å². The second-order valence-electron chi connectivity index (χ2n) is 8.13. The summed E-state index contributed by atoms with van der Waals surface area (Å²) in [6.45, 7) is 8.35. The van der Waals surface area contributed by atoms with Gasteiger partial charge < -0.3 is 30.3 Å². The number of aromatic nitrogens is 2. The van der Waals surface area contributed by atoms with Crippen molar-refractivity contribution >= 4 is 21.9 Å². The molecule has 3 N–H and O–H groups in total. The van der Waals surface area contributed by atoms with Crippen LogP contribution in [0.15, 0.2) is 12.0 Å². The van der Waals surface area contributed by atoms with E-state index in [1.807, 2.05) is 13.8 Å². The summed E-state index contributed by atoms with van der Waals surface area (Å²) >= 11 is 0. The van der Waals surface area contributed by atoms with Gasteiger partial charge in [0, 0.05) is 12.5 Å². The molecule has 0 spiro atoms. The highest BCUT2D eigenvalue weighted by atomic mass is 32.2. The van der Waals surface area contributed by atoms with Crippen LogP contribution in [0.2, 0.25) is 0 Å². The first-order chi connectivity index (χ1) is 13.4. The van der Waals surface area contributed by atoms with Crippen molar-refractivity contribution < 1.29 is 22.6 Å². The Labute approximate surface area is 170 Å². The summed E-state index contributed by atoms with van der Waals surface area (Å²) in [6.07, 6.45) is 3.17. The molecule has 1 unspecified atom stereocenters. The minimum atomic E-state index is -3.56. The number of hydrogen-bond donors (Lipinski definition) is 2. The molecule has 2 aliphatic heterocycles. The highest BCUT2D eigenvalue weighted by Crippen LogP contribution is 2.46. The summed E-state index contributed by atoms with van der Waals surface area (Å²) < 4.78 is 41.0.